The molecule has 1 fully saturated rings. The molecule has 7 heteroatoms. The zero-order valence-electron chi connectivity index (χ0n) is 14.1. The quantitative estimate of drug-likeness (QED) is 0.489. The van der Waals surface area contributed by atoms with Crippen LogP contribution in [-0.4, -0.2) is 31.0 Å². The van der Waals surface area contributed by atoms with E-state index in [4.69, 9.17) is 21.1 Å². The number of aliphatic hydroxyl groups is 1. The highest BCUT2D eigenvalue weighted by Gasteiger charge is 2.39. The molecule has 6 nitrogen and oxygen atoms in total. The van der Waals surface area contributed by atoms with Crippen LogP contribution in [0.2, 0.25) is 5.02 Å². The smallest absolute Gasteiger partial charge is 0.293 e. The summed E-state index contributed by atoms with van der Waals surface area (Å²) in [7, 11) is 2.96. The third kappa shape index (κ3) is 3.11. The first kappa shape index (κ1) is 17.8. The van der Waals surface area contributed by atoms with E-state index in [1.54, 1.807) is 36.4 Å². The first-order chi connectivity index (χ1) is 12.5. The van der Waals surface area contributed by atoms with E-state index in [0.29, 0.717) is 27.6 Å². The van der Waals surface area contributed by atoms with Crippen LogP contribution >= 0.6 is 11.6 Å². The number of hydrogen-bond acceptors (Lipinski definition) is 5. The number of methoxy groups -OCH3 is 2. The Bertz CT molecular complexity index is 905. The van der Waals surface area contributed by atoms with Gasteiger partial charge in [0.2, 0.25) is 0 Å². The summed E-state index contributed by atoms with van der Waals surface area (Å²) in [4.78, 5) is 24.3. The van der Waals surface area contributed by atoms with Crippen molar-refractivity contribution in [2.24, 2.45) is 0 Å². The zero-order valence-corrected chi connectivity index (χ0v) is 14.8. The number of Topliss-reactive ketones (excluding diaryl/α,β-unsaturated/α-hetero) is 1. The predicted octanol–water partition coefficient (Wildman–Crippen LogP) is 3.07. The van der Waals surface area contributed by atoms with Crippen LogP contribution in [0.3, 0.4) is 0 Å². The minimum absolute atomic E-state index is 0.0236. The Hall–Kier alpha value is -2.99. The van der Waals surface area contributed by atoms with Crippen LogP contribution in [0.15, 0.2) is 48.0 Å². The summed E-state index contributed by atoms with van der Waals surface area (Å²) in [5.41, 5.74) is 0.946. The number of aliphatic hydroxyl groups excluding tert-OH is 1. The second-order valence-corrected chi connectivity index (χ2v) is 6.06. The molecule has 0 radical (unpaired) electrons. The number of carbonyl (C=O) groups is 2. The molecule has 1 heterocycles. The van der Waals surface area contributed by atoms with Crippen LogP contribution in [0, 0.1) is 0 Å². The standard InChI is InChI=1S/C19H16ClNO5/c1-25-13-8-5-11(9-14(13)26-2)17(22)15-16(21-19(24)18(15)23)10-3-6-12(20)7-4-10/h3-9,16,22H,1-2H3,(H,21,24)/b17-15-. The van der Waals surface area contributed by atoms with Gasteiger partial charge in [0.05, 0.1) is 25.8 Å². The van der Waals surface area contributed by atoms with Crippen molar-refractivity contribution >= 4 is 29.1 Å². The van der Waals surface area contributed by atoms with Gasteiger partial charge in [-0.25, -0.2) is 0 Å². The van der Waals surface area contributed by atoms with Crippen LogP contribution in [0.1, 0.15) is 17.2 Å². The van der Waals surface area contributed by atoms with E-state index < -0.39 is 17.7 Å². The van der Waals surface area contributed by atoms with Crippen molar-refractivity contribution in [2.75, 3.05) is 14.2 Å². The SMILES string of the molecule is COc1ccc(/C(O)=C2/C(=O)C(=O)NC2c2ccc(Cl)cc2)cc1OC. The average molecular weight is 374 g/mol. The molecule has 2 aromatic rings. The van der Waals surface area contributed by atoms with Crippen molar-refractivity contribution in [3.8, 4) is 11.5 Å². The fourth-order valence-corrected chi connectivity index (χ4v) is 2.94. The fourth-order valence-electron chi connectivity index (χ4n) is 2.81. The molecule has 0 spiro atoms. The number of rotatable bonds is 4. The van der Waals surface area contributed by atoms with Gasteiger partial charge in [-0.3, -0.25) is 9.59 Å². The minimum atomic E-state index is -0.780. The first-order valence-corrected chi connectivity index (χ1v) is 8.10. The molecule has 1 unspecified atom stereocenters. The highest BCUT2D eigenvalue weighted by Crippen LogP contribution is 2.36. The van der Waals surface area contributed by atoms with Gasteiger partial charge in [0.15, 0.2) is 11.5 Å². The molecule has 26 heavy (non-hydrogen) atoms. The Kier molecular flexibility index (Phi) is 4.86. The molecule has 2 N–H and O–H groups in total. The van der Waals surface area contributed by atoms with E-state index in [1.807, 2.05) is 0 Å². The maximum Gasteiger partial charge on any atom is 0.293 e. The molecule has 3 rings (SSSR count). The molecular weight excluding hydrogens is 358 g/mol. The Labute approximate surface area is 155 Å². The third-order valence-corrected chi connectivity index (χ3v) is 4.38. The van der Waals surface area contributed by atoms with Gasteiger partial charge in [-0.15, -0.1) is 0 Å². The van der Waals surface area contributed by atoms with Crippen LogP contribution in [0.25, 0.3) is 5.76 Å². The summed E-state index contributed by atoms with van der Waals surface area (Å²) < 4.78 is 10.4. The van der Waals surface area contributed by atoms with Crippen LogP contribution in [0.5, 0.6) is 11.5 Å². The number of halogens is 1. The van der Waals surface area contributed by atoms with Gasteiger partial charge in [-0.05, 0) is 35.9 Å². The van der Waals surface area contributed by atoms with Gasteiger partial charge in [0.1, 0.15) is 5.76 Å². The zero-order chi connectivity index (χ0) is 18.8. The Morgan fingerprint density at radius 3 is 2.31 bits per heavy atom. The minimum Gasteiger partial charge on any atom is -0.507 e. The van der Waals surface area contributed by atoms with Crippen LogP contribution in [-0.2, 0) is 9.59 Å². The molecule has 1 atom stereocenters. The summed E-state index contributed by atoms with van der Waals surface area (Å²) in [6, 6.07) is 10.6. The lowest BCUT2D eigenvalue weighted by molar-refractivity contribution is -0.133. The van der Waals surface area contributed by atoms with Crippen LogP contribution < -0.4 is 14.8 Å². The summed E-state index contributed by atoms with van der Waals surface area (Å²) in [5, 5.41) is 13.8. The maximum absolute atomic E-state index is 12.3. The molecule has 1 saturated heterocycles. The Morgan fingerprint density at radius 1 is 1.04 bits per heavy atom. The highest BCUT2D eigenvalue weighted by molar-refractivity contribution is 6.46. The van der Waals surface area contributed by atoms with E-state index in [0.717, 1.165) is 0 Å². The van der Waals surface area contributed by atoms with Crippen molar-refractivity contribution in [2.45, 2.75) is 6.04 Å². The fraction of sp³-hybridized carbons (Fsp3) is 0.158. The Balaban J connectivity index is 2.11. The number of hydrogen-bond donors (Lipinski definition) is 2. The number of carbonyl (C=O) groups excluding carboxylic acids is 2. The van der Waals surface area contributed by atoms with Crippen molar-refractivity contribution in [1.82, 2.24) is 5.32 Å². The summed E-state index contributed by atoms with van der Waals surface area (Å²) in [6.45, 7) is 0. The number of ketones is 1. The van der Waals surface area contributed by atoms with Crippen molar-refractivity contribution in [3.63, 3.8) is 0 Å². The maximum atomic E-state index is 12.3. The van der Waals surface area contributed by atoms with Gasteiger partial charge >= 0.3 is 0 Å². The van der Waals surface area contributed by atoms with Gasteiger partial charge < -0.3 is 19.9 Å². The number of nitrogens with one attached hydrogen (secondary N) is 1. The third-order valence-electron chi connectivity index (χ3n) is 4.13. The second kappa shape index (κ2) is 7.09. The molecular formula is C19H16ClNO5. The lowest BCUT2D eigenvalue weighted by Crippen LogP contribution is -2.21. The van der Waals surface area contributed by atoms with E-state index in [-0.39, 0.29) is 11.3 Å². The Morgan fingerprint density at radius 2 is 1.69 bits per heavy atom. The second-order valence-electron chi connectivity index (χ2n) is 5.62. The van der Waals surface area contributed by atoms with E-state index in [1.165, 1.54) is 20.3 Å². The van der Waals surface area contributed by atoms with Crippen molar-refractivity contribution < 1.29 is 24.2 Å². The lowest BCUT2D eigenvalue weighted by Gasteiger charge is -2.15. The average Bonchev–Trinajstić information content (AvgIpc) is 2.96. The highest BCUT2D eigenvalue weighted by atomic mass is 35.5. The van der Waals surface area contributed by atoms with E-state index in [2.05, 4.69) is 5.32 Å². The summed E-state index contributed by atoms with van der Waals surface area (Å²) in [6.07, 6.45) is 0. The molecule has 0 saturated carbocycles. The van der Waals surface area contributed by atoms with E-state index in [9.17, 15) is 14.7 Å². The summed E-state index contributed by atoms with van der Waals surface area (Å²) in [5.74, 6) is -0.973. The molecule has 0 aromatic heterocycles. The molecule has 1 amide bonds. The topological polar surface area (TPSA) is 84.9 Å². The lowest BCUT2D eigenvalue weighted by atomic mass is 9.96. The predicted molar refractivity (Wildman–Crippen MR) is 96.4 cm³/mol. The van der Waals surface area contributed by atoms with Gasteiger partial charge in [-0.1, -0.05) is 23.7 Å². The van der Waals surface area contributed by atoms with Crippen molar-refractivity contribution in [3.05, 3.63) is 64.2 Å². The van der Waals surface area contributed by atoms with Gasteiger partial charge in [0.25, 0.3) is 11.7 Å². The number of amides is 1. The largest absolute Gasteiger partial charge is 0.507 e. The molecule has 0 bridgehead atoms. The molecule has 134 valence electrons. The van der Waals surface area contributed by atoms with Gasteiger partial charge in [0, 0.05) is 10.6 Å². The van der Waals surface area contributed by atoms with Gasteiger partial charge in [-0.2, -0.15) is 0 Å². The number of benzene rings is 2. The number of ether oxygens (including phenoxy) is 2. The monoisotopic (exact) mass is 373 g/mol. The molecule has 2 aromatic carbocycles. The normalized spacial score (nSPS) is 18.5. The molecule has 1 aliphatic heterocycles. The molecule has 0 aliphatic carbocycles. The summed E-state index contributed by atoms with van der Waals surface area (Å²) >= 11 is 5.89. The first-order valence-electron chi connectivity index (χ1n) is 7.72. The van der Waals surface area contributed by atoms with Crippen LogP contribution in [0.4, 0.5) is 0 Å². The van der Waals surface area contributed by atoms with E-state index >= 15 is 0 Å². The molecule has 1 aliphatic rings. The van der Waals surface area contributed by atoms with Crippen molar-refractivity contribution in [1.29, 1.82) is 0 Å².